The lowest BCUT2D eigenvalue weighted by Crippen LogP contribution is -2.46. The fourth-order valence-corrected chi connectivity index (χ4v) is 2.98. The lowest BCUT2D eigenvalue weighted by atomic mass is 10.2. The molecule has 0 spiro atoms. The van der Waals surface area contributed by atoms with E-state index in [1.165, 1.54) is 0 Å². The maximum absolute atomic E-state index is 12.0. The number of fused-ring (bicyclic) bond motifs is 1. The Kier molecular flexibility index (Phi) is 3.98. The molecule has 1 atom stereocenters. The van der Waals surface area contributed by atoms with E-state index in [4.69, 9.17) is 0 Å². The monoisotopic (exact) mass is 318 g/mol. The van der Waals surface area contributed by atoms with E-state index in [1.54, 1.807) is 18.3 Å². The van der Waals surface area contributed by atoms with Crippen molar-refractivity contribution >= 4 is 39.2 Å². The predicted octanol–water partition coefficient (Wildman–Crippen LogP) is 2.39. The second kappa shape index (κ2) is 5.92. The maximum Gasteiger partial charge on any atom is 0.321 e. The Balaban J connectivity index is 1.59. The van der Waals surface area contributed by atoms with Crippen molar-refractivity contribution in [3.8, 4) is 0 Å². The summed E-state index contributed by atoms with van der Waals surface area (Å²) in [5, 5.41) is 9.19. The second-order valence-corrected chi connectivity index (χ2v) is 6.75. The van der Waals surface area contributed by atoms with E-state index in [1.807, 2.05) is 25.1 Å². The number of urea groups is 1. The summed E-state index contributed by atoms with van der Waals surface area (Å²) < 4.78 is 1.07. The first-order valence-corrected chi connectivity index (χ1v) is 8.08. The number of nitrogens with zero attached hydrogens (tertiary/aromatic N) is 1. The van der Waals surface area contributed by atoms with Crippen molar-refractivity contribution < 1.29 is 9.59 Å². The third kappa shape index (κ3) is 3.54. The zero-order valence-electron chi connectivity index (χ0n) is 12.5. The third-order valence-electron chi connectivity index (χ3n) is 3.42. The average Bonchev–Trinajstić information content (AvgIpc) is 3.17. The summed E-state index contributed by atoms with van der Waals surface area (Å²) in [5.41, 5.74) is 1.79. The molecule has 3 amide bonds. The van der Waals surface area contributed by atoms with Crippen LogP contribution in [0, 0.1) is 6.92 Å². The number of benzene rings is 1. The first-order chi connectivity index (χ1) is 10.5. The van der Waals surface area contributed by atoms with Crippen LogP contribution in [-0.4, -0.2) is 29.0 Å². The van der Waals surface area contributed by atoms with Gasteiger partial charge in [0.1, 0.15) is 6.04 Å². The van der Waals surface area contributed by atoms with Gasteiger partial charge in [-0.3, -0.25) is 10.1 Å². The van der Waals surface area contributed by atoms with E-state index in [-0.39, 0.29) is 11.9 Å². The smallest absolute Gasteiger partial charge is 0.321 e. The van der Waals surface area contributed by atoms with Crippen molar-refractivity contribution in [3.05, 3.63) is 23.2 Å². The van der Waals surface area contributed by atoms with E-state index < -0.39 is 12.1 Å². The molecule has 1 saturated carbocycles. The highest BCUT2D eigenvalue weighted by Crippen LogP contribution is 2.25. The van der Waals surface area contributed by atoms with Crippen LogP contribution in [0.5, 0.6) is 0 Å². The molecule has 1 unspecified atom stereocenters. The highest BCUT2D eigenvalue weighted by molar-refractivity contribution is 7.18. The van der Waals surface area contributed by atoms with Crippen LogP contribution < -0.4 is 16.0 Å². The summed E-state index contributed by atoms with van der Waals surface area (Å²) in [5.74, 6) is -0.348. The van der Waals surface area contributed by atoms with Gasteiger partial charge in [0.25, 0.3) is 0 Å². The number of carbonyl (C=O) groups excluding carboxylic acids is 2. The fraction of sp³-hybridized carbons (Fsp3) is 0.400. The molecule has 6 nitrogen and oxygen atoms in total. The van der Waals surface area contributed by atoms with Crippen molar-refractivity contribution in [2.45, 2.75) is 38.8 Å². The van der Waals surface area contributed by atoms with E-state index in [0.717, 1.165) is 33.8 Å². The van der Waals surface area contributed by atoms with E-state index >= 15 is 0 Å². The van der Waals surface area contributed by atoms with E-state index in [0.29, 0.717) is 0 Å². The molecule has 1 aliphatic rings. The summed E-state index contributed by atoms with van der Waals surface area (Å²) >= 11 is 1.61. The summed E-state index contributed by atoms with van der Waals surface area (Å²) in [4.78, 5) is 27.9. The molecule has 1 aromatic heterocycles. The highest BCUT2D eigenvalue weighted by Gasteiger charge is 2.24. The molecule has 7 heteroatoms. The minimum Gasteiger partial charge on any atom is -0.374 e. The second-order valence-electron chi connectivity index (χ2n) is 5.52. The zero-order valence-corrected chi connectivity index (χ0v) is 13.3. The highest BCUT2D eigenvalue weighted by atomic mass is 32.1. The van der Waals surface area contributed by atoms with Crippen LogP contribution in [0.4, 0.5) is 10.5 Å². The molecular formula is C15H18N4O2S. The fourth-order valence-electron chi connectivity index (χ4n) is 2.11. The Labute approximate surface area is 132 Å². The summed E-state index contributed by atoms with van der Waals surface area (Å²) in [6.45, 7) is 3.69. The van der Waals surface area contributed by atoms with Gasteiger partial charge in [-0.05, 0) is 44.9 Å². The summed E-state index contributed by atoms with van der Waals surface area (Å²) in [6.07, 6.45) is 1.98. The van der Waals surface area contributed by atoms with Crippen molar-refractivity contribution in [2.75, 3.05) is 5.32 Å². The van der Waals surface area contributed by atoms with Gasteiger partial charge in [0, 0.05) is 11.7 Å². The molecule has 3 rings (SSSR count). The molecule has 116 valence electrons. The quantitative estimate of drug-likeness (QED) is 0.808. The van der Waals surface area contributed by atoms with Crippen molar-refractivity contribution in [1.29, 1.82) is 0 Å². The Bertz CT molecular complexity index is 723. The van der Waals surface area contributed by atoms with Gasteiger partial charge in [-0.1, -0.05) is 0 Å². The predicted molar refractivity (Wildman–Crippen MR) is 87.1 cm³/mol. The number of rotatable bonds is 4. The number of nitrogens with one attached hydrogen (secondary N) is 3. The van der Waals surface area contributed by atoms with Crippen LogP contribution in [0.3, 0.4) is 0 Å². The third-order valence-corrected chi connectivity index (χ3v) is 4.35. The normalized spacial score (nSPS) is 15.4. The SMILES string of the molecule is Cc1nc2ccc(NC(C)C(=O)NC(=O)NC3CC3)cc2s1. The summed E-state index contributed by atoms with van der Waals surface area (Å²) in [6, 6.07) is 5.08. The minimum atomic E-state index is -0.503. The lowest BCUT2D eigenvalue weighted by molar-refractivity contribution is -0.120. The number of carbonyl (C=O) groups is 2. The van der Waals surface area contributed by atoms with Gasteiger partial charge in [-0.25, -0.2) is 9.78 Å². The van der Waals surface area contributed by atoms with Gasteiger partial charge in [-0.2, -0.15) is 0 Å². The molecule has 0 aliphatic heterocycles. The van der Waals surface area contributed by atoms with Crippen LogP contribution in [0.25, 0.3) is 10.2 Å². The first-order valence-electron chi connectivity index (χ1n) is 7.26. The molecule has 22 heavy (non-hydrogen) atoms. The maximum atomic E-state index is 12.0. The molecule has 1 heterocycles. The number of thiazole rings is 1. The Morgan fingerprint density at radius 2 is 2.14 bits per heavy atom. The molecule has 1 fully saturated rings. The van der Waals surface area contributed by atoms with Crippen LogP contribution in [0.1, 0.15) is 24.8 Å². The van der Waals surface area contributed by atoms with Gasteiger partial charge in [0.05, 0.1) is 15.2 Å². The van der Waals surface area contributed by atoms with Crippen molar-refractivity contribution in [3.63, 3.8) is 0 Å². The molecule has 1 aliphatic carbocycles. The topological polar surface area (TPSA) is 83.1 Å². The number of hydrogen-bond acceptors (Lipinski definition) is 5. The summed E-state index contributed by atoms with van der Waals surface area (Å²) in [7, 11) is 0. The lowest BCUT2D eigenvalue weighted by Gasteiger charge is -2.15. The molecular weight excluding hydrogens is 300 g/mol. The van der Waals surface area contributed by atoms with Crippen LogP contribution in [0.2, 0.25) is 0 Å². The van der Waals surface area contributed by atoms with Crippen molar-refractivity contribution in [1.82, 2.24) is 15.6 Å². The molecule has 0 radical (unpaired) electrons. The van der Waals surface area contributed by atoms with Gasteiger partial charge in [0.2, 0.25) is 5.91 Å². The van der Waals surface area contributed by atoms with E-state index in [9.17, 15) is 9.59 Å². The number of aromatic nitrogens is 1. The van der Waals surface area contributed by atoms with E-state index in [2.05, 4.69) is 20.9 Å². The molecule has 1 aromatic carbocycles. The van der Waals surface area contributed by atoms with Crippen LogP contribution in [0.15, 0.2) is 18.2 Å². The molecule has 3 N–H and O–H groups in total. The number of amides is 3. The average molecular weight is 318 g/mol. The largest absolute Gasteiger partial charge is 0.374 e. The van der Waals surface area contributed by atoms with Gasteiger partial charge < -0.3 is 10.6 Å². The number of imide groups is 1. The molecule has 0 saturated heterocycles. The number of anilines is 1. The first kappa shape index (κ1) is 14.8. The van der Waals surface area contributed by atoms with Crippen molar-refractivity contribution in [2.24, 2.45) is 0 Å². The van der Waals surface area contributed by atoms with Crippen LogP contribution in [-0.2, 0) is 4.79 Å². The Hall–Kier alpha value is -2.15. The Morgan fingerprint density at radius 1 is 1.36 bits per heavy atom. The minimum absolute atomic E-state index is 0.230. The molecule has 2 aromatic rings. The molecule has 0 bridgehead atoms. The zero-order chi connectivity index (χ0) is 15.7. The van der Waals surface area contributed by atoms with Gasteiger partial charge in [-0.15, -0.1) is 11.3 Å². The number of aryl methyl sites for hydroxylation is 1. The standard InChI is InChI=1S/C15H18N4O2S/c1-8(14(20)19-15(21)18-10-3-4-10)16-11-5-6-12-13(7-11)22-9(2)17-12/h5-8,10,16H,3-4H2,1-2H3,(H2,18,19,20,21). The van der Waals surface area contributed by atoms with Gasteiger partial charge >= 0.3 is 6.03 Å². The van der Waals surface area contributed by atoms with Crippen LogP contribution >= 0.6 is 11.3 Å². The number of hydrogen-bond donors (Lipinski definition) is 3. The Morgan fingerprint density at radius 3 is 2.86 bits per heavy atom. The van der Waals surface area contributed by atoms with Gasteiger partial charge in [0.15, 0.2) is 0 Å².